The molecular formula is C18H27BrN4O2. The zero-order chi connectivity index (χ0) is 18.1. The van der Waals surface area contributed by atoms with Gasteiger partial charge in [0.15, 0.2) is 5.96 Å². The molecule has 0 amide bonds. The summed E-state index contributed by atoms with van der Waals surface area (Å²) in [7, 11) is 1.77. The second-order valence-corrected chi connectivity index (χ2v) is 6.88. The largest absolute Gasteiger partial charge is 0.466 e. The number of anilines is 1. The molecule has 1 fully saturated rings. The molecule has 1 aromatic rings. The third kappa shape index (κ3) is 6.57. The van der Waals surface area contributed by atoms with Crippen LogP contribution in [0.25, 0.3) is 0 Å². The average Bonchev–Trinajstić information content (AvgIpc) is 3.07. The van der Waals surface area contributed by atoms with Crippen molar-refractivity contribution in [1.29, 1.82) is 0 Å². The van der Waals surface area contributed by atoms with Crippen molar-refractivity contribution in [3.8, 4) is 0 Å². The summed E-state index contributed by atoms with van der Waals surface area (Å²) < 4.78 is 6.02. The molecule has 138 valence electrons. The van der Waals surface area contributed by atoms with Gasteiger partial charge in [-0.3, -0.25) is 9.79 Å². The Morgan fingerprint density at radius 3 is 2.84 bits per heavy atom. The van der Waals surface area contributed by atoms with Crippen molar-refractivity contribution < 1.29 is 9.53 Å². The molecule has 1 saturated heterocycles. The lowest BCUT2D eigenvalue weighted by Gasteiger charge is -2.20. The van der Waals surface area contributed by atoms with Gasteiger partial charge in [0.1, 0.15) is 0 Å². The maximum absolute atomic E-state index is 11.3. The fourth-order valence-corrected chi connectivity index (χ4v) is 3.09. The summed E-state index contributed by atoms with van der Waals surface area (Å²) in [4.78, 5) is 18.0. The summed E-state index contributed by atoms with van der Waals surface area (Å²) >= 11 is 3.47. The Kier molecular flexibility index (Phi) is 8.04. The molecule has 0 aromatic heterocycles. The van der Waals surface area contributed by atoms with Crippen LogP contribution in [0, 0.1) is 0 Å². The molecule has 7 heteroatoms. The first kappa shape index (κ1) is 19.6. The van der Waals surface area contributed by atoms with Gasteiger partial charge < -0.3 is 20.3 Å². The van der Waals surface area contributed by atoms with Crippen molar-refractivity contribution in [2.75, 3.05) is 38.2 Å². The zero-order valence-corrected chi connectivity index (χ0v) is 16.5. The number of nitrogens with one attached hydrogen (secondary N) is 2. The normalized spacial score (nSPS) is 17.5. The summed E-state index contributed by atoms with van der Waals surface area (Å²) in [5.41, 5.74) is 1.24. The van der Waals surface area contributed by atoms with Crippen LogP contribution in [0.5, 0.6) is 0 Å². The van der Waals surface area contributed by atoms with Crippen molar-refractivity contribution in [2.45, 2.75) is 32.2 Å². The molecule has 2 rings (SSSR count). The van der Waals surface area contributed by atoms with E-state index in [2.05, 4.69) is 60.7 Å². The fraction of sp³-hybridized carbons (Fsp3) is 0.556. The average molecular weight is 411 g/mol. The lowest BCUT2D eigenvalue weighted by atomic mass is 10.2. The maximum Gasteiger partial charge on any atom is 0.305 e. The third-order valence-electron chi connectivity index (χ3n) is 4.10. The summed E-state index contributed by atoms with van der Waals surface area (Å²) in [5.74, 6) is 0.639. The van der Waals surface area contributed by atoms with Gasteiger partial charge in [0.25, 0.3) is 0 Å². The second kappa shape index (κ2) is 10.3. The van der Waals surface area contributed by atoms with Crippen LogP contribution in [-0.2, 0) is 9.53 Å². The molecule has 0 radical (unpaired) electrons. The monoisotopic (exact) mass is 410 g/mol. The van der Waals surface area contributed by atoms with E-state index >= 15 is 0 Å². The maximum atomic E-state index is 11.3. The Morgan fingerprint density at radius 2 is 2.16 bits per heavy atom. The van der Waals surface area contributed by atoms with Gasteiger partial charge in [-0.1, -0.05) is 15.9 Å². The van der Waals surface area contributed by atoms with Crippen molar-refractivity contribution in [3.63, 3.8) is 0 Å². The Balaban J connectivity index is 1.71. The number of nitrogens with zero attached hydrogens (tertiary/aromatic N) is 2. The minimum absolute atomic E-state index is 0.145. The van der Waals surface area contributed by atoms with Crippen LogP contribution in [0.1, 0.15) is 26.2 Å². The highest BCUT2D eigenvalue weighted by Crippen LogP contribution is 2.22. The minimum Gasteiger partial charge on any atom is -0.466 e. The molecule has 2 N–H and O–H groups in total. The Hall–Kier alpha value is -1.76. The number of hydrogen-bond donors (Lipinski definition) is 2. The van der Waals surface area contributed by atoms with E-state index in [1.165, 1.54) is 5.69 Å². The summed E-state index contributed by atoms with van der Waals surface area (Å²) in [5, 5.41) is 6.72. The number of benzene rings is 1. The molecule has 1 aliphatic heterocycles. The van der Waals surface area contributed by atoms with E-state index in [-0.39, 0.29) is 5.97 Å². The van der Waals surface area contributed by atoms with Gasteiger partial charge in [-0.2, -0.15) is 0 Å². The Labute approximate surface area is 158 Å². The minimum atomic E-state index is -0.145. The summed E-state index contributed by atoms with van der Waals surface area (Å²) in [6, 6.07) is 8.77. The van der Waals surface area contributed by atoms with Crippen LogP contribution in [0.15, 0.2) is 33.7 Å². The molecule has 0 saturated carbocycles. The number of guanidine groups is 1. The molecule has 6 nitrogen and oxygen atoms in total. The van der Waals surface area contributed by atoms with Gasteiger partial charge in [-0.05, 0) is 44.0 Å². The van der Waals surface area contributed by atoms with E-state index in [0.29, 0.717) is 25.6 Å². The van der Waals surface area contributed by atoms with Gasteiger partial charge >= 0.3 is 5.97 Å². The van der Waals surface area contributed by atoms with Gasteiger partial charge in [0, 0.05) is 49.3 Å². The van der Waals surface area contributed by atoms with E-state index in [9.17, 15) is 4.79 Å². The van der Waals surface area contributed by atoms with Crippen LogP contribution < -0.4 is 15.5 Å². The Morgan fingerprint density at radius 1 is 1.40 bits per heavy atom. The number of ether oxygens (including phenoxy) is 1. The predicted octanol–water partition coefficient (Wildman–Crippen LogP) is 2.54. The quantitative estimate of drug-likeness (QED) is 0.313. The topological polar surface area (TPSA) is 66.0 Å². The summed E-state index contributed by atoms with van der Waals surface area (Å²) in [6.45, 7) is 4.93. The third-order valence-corrected chi connectivity index (χ3v) is 4.63. The number of esters is 1. The molecule has 1 unspecified atom stereocenters. The lowest BCUT2D eigenvalue weighted by molar-refractivity contribution is -0.143. The highest BCUT2D eigenvalue weighted by atomic mass is 79.9. The lowest BCUT2D eigenvalue weighted by Crippen LogP contribution is -2.44. The highest BCUT2D eigenvalue weighted by Gasteiger charge is 2.23. The zero-order valence-electron chi connectivity index (χ0n) is 14.9. The Bertz CT molecular complexity index is 577. The standard InChI is InChI=1S/C18H27BrN4O2/c1-3-25-17(24)5-4-11-21-18(20-2)22-15-10-12-23(13-15)16-8-6-14(19)7-9-16/h6-9,15H,3-5,10-13H2,1-2H3,(H2,20,21,22). The molecule has 1 atom stereocenters. The fourth-order valence-electron chi connectivity index (χ4n) is 2.83. The first-order chi connectivity index (χ1) is 12.1. The molecule has 25 heavy (non-hydrogen) atoms. The van der Waals surface area contributed by atoms with Gasteiger partial charge in [-0.25, -0.2) is 0 Å². The van der Waals surface area contributed by atoms with Crippen molar-refractivity contribution >= 4 is 33.5 Å². The molecule has 0 aliphatic carbocycles. The number of carbonyl (C=O) groups is 1. The number of carbonyl (C=O) groups excluding carboxylic acids is 1. The molecule has 1 aromatic carbocycles. The van der Waals surface area contributed by atoms with E-state index < -0.39 is 0 Å². The summed E-state index contributed by atoms with van der Waals surface area (Å²) in [6.07, 6.45) is 2.23. The molecule has 0 bridgehead atoms. The molecular weight excluding hydrogens is 384 g/mol. The number of aliphatic imine (C=N–C) groups is 1. The van der Waals surface area contributed by atoms with Crippen LogP contribution in [-0.4, -0.2) is 51.3 Å². The molecule has 0 spiro atoms. The predicted molar refractivity (Wildman–Crippen MR) is 105 cm³/mol. The molecule has 1 heterocycles. The first-order valence-electron chi connectivity index (χ1n) is 8.75. The number of halogens is 1. The SMILES string of the molecule is CCOC(=O)CCCNC(=NC)NC1CCN(c2ccc(Br)cc2)C1. The van der Waals surface area contributed by atoms with Gasteiger partial charge in [0.05, 0.1) is 6.61 Å². The van der Waals surface area contributed by atoms with Crippen molar-refractivity contribution in [1.82, 2.24) is 10.6 Å². The van der Waals surface area contributed by atoms with E-state index in [1.54, 1.807) is 7.05 Å². The first-order valence-corrected chi connectivity index (χ1v) is 9.55. The van der Waals surface area contributed by atoms with Crippen LogP contribution in [0.2, 0.25) is 0 Å². The van der Waals surface area contributed by atoms with Crippen LogP contribution in [0.4, 0.5) is 5.69 Å². The van der Waals surface area contributed by atoms with Crippen molar-refractivity contribution in [3.05, 3.63) is 28.7 Å². The van der Waals surface area contributed by atoms with Crippen LogP contribution in [0.3, 0.4) is 0 Å². The molecule has 1 aliphatic rings. The van der Waals surface area contributed by atoms with E-state index in [4.69, 9.17) is 4.74 Å². The van der Waals surface area contributed by atoms with Crippen molar-refractivity contribution in [2.24, 2.45) is 4.99 Å². The second-order valence-electron chi connectivity index (χ2n) is 5.96. The van der Waals surface area contributed by atoms with E-state index in [0.717, 1.165) is 36.4 Å². The van der Waals surface area contributed by atoms with Crippen LogP contribution >= 0.6 is 15.9 Å². The smallest absolute Gasteiger partial charge is 0.305 e. The number of rotatable bonds is 7. The number of hydrogen-bond acceptors (Lipinski definition) is 4. The highest BCUT2D eigenvalue weighted by molar-refractivity contribution is 9.10. The van der Waals surface area contributed by atoms with E-state index in [1.807, 2.05) is 6.92 Å². The van der Waals surface area contributed by atoms with Gasteiger partial charge in [0.2, 0.25) is 0 Å². The van der Waals surface area contributed by atoms with Gasteiger partial charge in [-0.15, -0.1) is 0 Å².